The van der Waals surface area contributed by atoms with E-state index in [2.05, 4.69) is 16.0 Å². The van der Waals surface area contributed by atoms with E-state index in [0.717, 1.165) is 18.8 Å². The molecule has 4 nitrogen and oxygen atoms in total. The number of nitrogens with zero attached hydrogens (tertiary/aromatic N) is 3. The van der Waals surface area contributed by atoms with Crippen LogP contribution in [0.15, 0.2) is 24.4 Å². The summed E-state index contributed by atoms with van der Waals surface area (Å²) >= 11 is 0. The van der Waals surface area contributed by atoms with Crippen LogP contribution in [0.1, 0.15) is 11.7 Å². The molecule has 1 fully saturated rings. The number of rotatable bonds is 2. The molecule has 78 valence electrons. The second-order valence-corrected chi connectivity index (χ2v) is 3.43. The predicted octanol–water partition coefficient (Wildman–Crippen LogP) is 0.978. The SMILES string of the molecule is N#CC(c1ccccn1)N1CCOCC1. The Morgan fingerprint density at radius 1 is 1.40 bits per heavy atom. The molecule has 1 atom stereocenters. The van der Waals surface area contributed by atoms with Gasteiger partial charge in [0, 0.05) is 19.3 Å². The molecule has 1 unspecified atom stereocenters. The summed E-state index contributed by atoms with van der Waals surface area (Å²) in [6, 6.07) is 7.72. The van der Waals surface area contributed by atoms with Crippen molar-refractivity contribution < 1.29 is 4.74 Å². The molecule has 4 heteroatoms. The summed E-state index contributed by atoms with van der Waals surface area (Å²) in [6.45, 7) is 3.00. The Morgan fingerprint density at radius 2 is 2.20 bits per heavy atom. The molecule has 1 aromatic heterocycles. The first-order valence-corrected chi connectivity index (χ1v) is 5.04. The fourth-order valence-electron chi connectivity index (χ4n) is 1.71. The van der Waals surface area contributed by atoms with Crippen LogP contribution in [0.4, 0.5) is 0 Å². The lowest BCUT2D eigenvalue weighted by Crippen LogP contribution is -2.38. The van der Waals surface area contributed by atoms with Crippen molar-refractivity contribution in [3.8, 4) is 6.07 Å². The second-order valence-electron chi connectivity index (χ2n) is 3.43. The summed E-state index contributed by atoms with van der Waals surface area (Å²) in [5.74, 6) is 0. The summed E-state index contributed by atoms with van der Waals surface area (Å²) < 4.78 is 5.26. The second kappa shape index (κ2) is 4.87. The average Bonchev–Trinajstić information content (AvgIpc) is 2.33. The van der Waals surface area contributed by atoms with Crippen LogP contribution in [0.2, 0.25) is 0 Å². The minimum atomic E-state index is -0.241. The van der Waals surface area contributed by atoms with E-state index in [4.69, 9.17) is 10.00 Å². The molecular formula is C11H13N3O. The molecule has 1 saturated heterocycles. The Balaban J connectivity index is 2.14. The Kier molecular flexibility index (Phi) is 3.28. The van der Waals surface area contributed by atoms with Crippen LogP contribution < -0.4 is 0 Å². The van der Waals surface area contributed by atoms with Crippen LogP contribution in [0.3, 0.4) is 0 Å². The fraction of sp³-hybridized carbons (Fsp3) is 0.455. The topological polar surface area (TPSA) is 49.2 Å². The lowest BCUT2D eigenvalue weighted by atomic mass is 10.1. The Labute approximate surface area is 89.1 Å². The maximum atomic E-state index is 9.16. The average molecular weight is 203 g/mol. The maximum Gasteiger partial charge on any atom is 0.141 e. The molecule has 1 aliphatic rings. The zero-order valence-electron chi connectivity index (χ0n) is 8.47. The van der Waals surface area contributed by atoms with Gasteiger partial charge in [0.25, 0.3) is 0 Å². The molecule has 1 aliphatic heterocycles. The van der Waals surface area contributed by atoms with Crippen molar-refractivity contribution in [2.75, 3.05) is 26.3 Å². The standard InChI is InChI=1S/C11H13N3O/c12-9-11(10-3-1-2-4-13-10)14-5-7-15-8-6-14/h1-4,11H,5-8H2. The summed E-state index contributed by atoms with van der Waals surface area (Å²) in [4.78, 5) is 6.32. The molecule has 0 N–H and O–H groups in total. The first kappa shape index (κ1) is 10.1. The van der Waals surface area contributed by atoms with Crippen LogP contribution >= 0.6 is 0 Å². The zero-order chi connectivity index (χ0) is 10.5. The van der Waals surface area contributed by atoms with Gasteiger partial charge in [-0.2, -0.15) is 5.26 Å². The summed E-state index contributed by atoms with van der Waals surface area (Å²) in [5, 5.41) is 9.16. The Hall–Kier alpha value is -1.44. The smallest absolute Gasteiger partial charge is 0.141 e. The third-order valence-corrected chi connectivity index (χ3v) is 2.50. The normalized spacial score (nSPS) is 19.4. The van der Waals surface area contributed by atoms with E-state index in [1.165, 1.54) is 0 Å². The number of pyridine rings is 1. The Bertz CT molecular complexity index is 341. The first-order valence-electron chi connectivity index (χ1n) is 5.04. The van der Waals surface area contributed by atoms with Gasteiger partial charge < -0.3 is 4.74 Å². The molecule has 0 spiro atoms. The number of aromatic nitrogens is 1. The number of nitriles is 1. The van der Waals surface area contributed by atoms with Gasteiger partial charge in [-0.3, -0.25) is 9.88 Å². The van der Waals surface area contributed by atoms with Gasteiger partial charge in [0.05, 0.1) is 25.0 Å². The van der Waals surface area contributed by atoms with Crippen LogP contribution in [0, 0.1) is 11.3 Å². The lowest BCUT2D eigenvalue weighted by Gasteiger charge is -2.29. The quantitative estimate of drug-likeness (QED) is 0.719. The molecule has 0 aromatic carbocycles. The molecule has 15 heavy (non-hydrogen) atoms. The van der Waals surface area contributed by atoms with Crippen molar-refractivity contribution in [3.05, 3.63) is 30.1 Å². The minimum Gasteiger partial charge on any atom is -0.379 e. The van der Waals surface area contributed by atoms with E-state index in [1.807, 2.05) is 18.2 Å². The summed E-state index contributed by atoms with van der Waals surface area (Å²) in [6.07, 6.45) is 1.72. The van der Waals surface area contributed by atoms with Crippen molar-refractivity contribution in [3.63, 3.8) is 0 Å². The number of hydrogen-bond acceptors (Lipinski definition) is 4. The maximum absolute atomic E-state index is 9.16. The van der Waals surface area contributed by atoms with Crippen molar-refractivity contribution in [1.29, 1.82) is 5.26 Å². The van der Waals surface area contributed by atoms with Crippen LogP contribution in [-0.4, -0.2) is 36.2 Å². The largest absolute Gasteiger partial charge is 0.379 e. The number of hydrogen-bond donors (Lipinski definition) is 0. The van der Waals surface area contributed by atoms with E-state index >= 15 is 0 Å². The molecule has 1 aromatic rings. The molecule has 2 rings (SSSR count). The number of ether oxygens (including phenoxy) is 1. The van der Waals surface area contributed by atoms with Gasteiger partial charge >= 0.3 is 0 Å². The fourth-order valence-corrected chi connectivity index (χ4v) is 1.71. The molecule has 0 saturated carbocycles. The van der Waals surface area contributed by atoms with Crippen molar-refractivity contribution in [2.24, 2.45) is 0 Å². The molecular weight excluding hydrogens is 190 g/mol. The third kappa shape index (κ3) is 2.32. The molecule has 0 amide bonds. The van der Waals surface area contributed by atoms with E-state index in [1.54, 1.807) is 6.20 Å². The lowest BCUT2D eigenvalue weighted by molar-refractivity contribution is 0.0260. The van der Waals surface area contributed by atoms with Gasteiger partial charge in [0.1, 0.15) is 6.04 Å². The minimum absolute atomic E-state index is 0.241. The zero-order valence-corrected chi connectivity index (χ0v) is 8.47. The third-order valence-electron chi connectivity index (χ3n) is 2.50. The molecule has 0 bridgehead atoms. The van der Waals surface area contributed by atoms with E-state index < -0.39 is 0 Å². The van der Waals surface area contributed by atoms with Gasteiger partial charge in [0.2, 0.25) is 0 Å². The Morgan fingerprint density at radius 3 is 2.80 bits per heavy atom. The van der Waals surface area contributed by atoms with Crippen molar-refractivity contribution in [1.82, 2.24) is 9.88 Å². The number of morpholine rings is 1. The van der Waals surface area contributed by atoms with Gasteiger partial charge in [0.15, 0.2) is 0 Å². The molecule has 0 radical (unpaired) electrons. The van der Waals surface area contributed by atoms with Gasteiger partial charge in [-0.25, -0.2) is 0 Å². The van der Waals surface area contributed by atoms with Gasteiger partial charge in [-0.15, -0.1) is 0 Å². The highest BCUT2D eigenvalue weighted by Crippen LogP contribution is 2.18. The van der Waals surface area contributed by atoms with E-state index in [-0.39, 0.29) is 6.04 Å². The highest BCUT2D eigenvalue weighted by molar-refractivity contribution is 5.16. The first-order chi connectivity index (χ1) is 7.42. The van der Waals surface area contributed by atoms with Gasteiger partial charge in [-0.1, -0.05) is 6.07 Å². The molecule has 0 aliphatic carbocycles. The van der Waals surface area contributed by atoms with Crippen LogP contribution in [-0.2, 0) is 4.74 Å². The molecule has 2 heterocycles. The van der Waals surface area contributed by atoms with E-state index in [0.29, 0.717) is 13.2 Å². The monoisotopic (exact) mass is 203 g/mol. The predicted molar refractivity (Wildman–Crippen MR) is 55.0 cm³/mol. The summed E-state index contributed by atoms with van der Waals surface area (Å²) in [7, 11) is 0. The van der Waals surface area contributed by atoms with E-state index in [9.17, 15) is 0 Å². The summed E-state index contributed by atoms with van der Waals surface area (Å²) in [5.41, 5.74) is 0.821. The van der Waals surface area contributed by atoms with Crippen molar-refractivity contribution in [2.45, 2.75) is 6.04 Å². The van der Waals surface area contributed by atoms with Crippen LogP contribution in [0.25, 0.3) is 0 Å². The highest BCUT2D eigenvalue weighted by atomic mass is 16.5. The van der Waals surface area contributed by atoms with Crippen molar-refractivity contribution >= 4 is 0 Å². The van der Waals surface area contributed by atoms with Crippen LogP contribution in [0.5, 0.6) is 0 Å². The van der Waals surface area contributed by atoms with Gasteiger partial charge in [-0.05, 0) is 12.1 Å². The highest BCUT2D eigenvalue weighted by Gasteiger charge is 2.22.